The molecule has 6 N–H and O–H groups in total. The van der Waals surface area contributed by atoms with Crippen molar-refractivity contribution < 1.29 is 20.2 Å². The first kappa shape index (κ1) is 20.8. The van der Waals surface area contributed by atoms with E-state index in [1.165, 1.54) is 0 Å². The highest BCUT2D eigenvalue weighted by Crippen LogP contribution is 2.42. The van der Waals surface area contributed by atoms with Crippen molar-refractivity contribution in [1.29, 1.82) is 0 Å². The van der Waals surface area contributed by atoms with Crippen molar-refractivity contribution in [2.24, 2.45) is 23.5 Å². The van der Waals surface area contributed by atoms with E-state index in [1.807, 2.05) is 44.2 Å². The Labute approximate surface area is 155 Å². The molecule has 2 rings (SSSR count). The number of benzene rings is 1. The highest BCUT2D eigenvalue weighted by molar-refractivity contribution is 5.78. The Hall–Kier alpha value is -1.47. The predicted molar refractivity (Wildman–Crippen MR) is 99.3 cm³/mol. The van der Waals surface area contributed by atoms with E-state index in [9.17, 15) is 15.0 Å². The van der Waals surface area contributed by atoms with Crippen LogP contribution in [0.3, 0.4) is 0 Å². The molecule has 1 amide bonds. The lowest BCUT2D eigenvalue weighted by Crippen LogP contribution is -2.53. The zero-order valence-electron chi connectivity index (χ0n) is 15.6. The lowest BCUT2D eigenvalue weighted by molar-refractivity contribution is -0.152. The minimum atomic E-state index is -1.25. The molecule has 0 spiro atoms. The van der Waals surface area contributed by atoms with Crippen molar-refractivity contribution in [3.8, 4) is 0 Å². The number of aliphatic hydroxyl groups excluding tert-OH is 1. The fraction of sp³-hybridized carbons (Fsp3) is 0.650. The molecule has 5 atom stereocenters. The number of hydrogen-bond donors (Lipinski definition) is 5. The van der Waals surface area contributed by atoms with Crippen LogP contribution in [0.1, 0.15) is 45.1 Å². The average molecular weight is 364 g/mol. The van der Waals surface area contributed by atoms with Crippen LogP contribution >= 0.6 is 0 Å². The highest BCUT2D eigenvalue weighted by Gasteiger charge is 2.46. The van der Waals surface area contributed by atoms with Gasteiger partial charge in [-0.1, -0.05) is 44.2 Å². The van der Waals surface area contributed by atoms with Crippen molar-refractivity contribution in [3.05, 3.63) is 35.9 Å². The number of hydroxylamine groups is 1. The molecule has 1 aliphatic carbocycles. The van der Waals surface area contributed by atoms with E-state index in [4.69, 9.17) is 10.9 Å². The molecular weight excluding hydrogens is 332 g/mol. The second kappa shape index (κ2) is 8.95. The van der Waals surface area contributed by atoms with E-state index in [2.05, 4.69) is 0 Å². The summed E-state index contributed by atoms with van der Waals surface area (Å²) in [4.78, 5) is 12.3. The molecular formula is C20H32N2O4. The molecule has 1 fully saturated rings. The summed E-state index contributed by atoms with van der Waals surface area (Å²) in [6, 6.07) is 9.03. The van der Waals surface area contributed by atoms with E-state index >= 15 is 0 Å². The molecule has 1 aromatic carbocycles. The third-order valence-electron chi connectivity index (χ3n) is 5.57. The standard InChI is InChI=1S/C20H32N2O4/c1-13-8-14(2)12-20(25,11-13)16(19(24)22-26)10-18(23)17(21)9-15-6-4-3-5-7-15/h3-7,13-14,16-18,23,25-26H,8-12,21H2,1-2H3,(H,22,24)/t13?,14?,16-,17+,18+,20?/m1/s1. The van der Waals surface area contributed by atoms with Crippen LogP contribution in [0.4, 0.5) is 0 Å². The number of rotatable bonds is 7. The summed E-state index contributed by atoms with van der Waals surface area (Å²) in [7, 11) is 0. The molecule has 1 aliphatic rings. The van der Waals surface area contributed by atoms with Gasteiger partial charge in [0.2, 0.25) is 5.91 Å². The molecule has 0 heterocycles. The van der Waals surface area contributed by atoms with Crippen molar-refractivity contribution >= 4 is 5.91 Å². The average Bonchev–Trinajstić information content (AvgIpc) is 2.58. The zero-order chi connectivity index (χ0) is 19.3. The number of nitrogens with two attached hydrogens (primary N) is 1. The first-order valence-electron chi connectivity index (χ1n) is 9.39. The van der Waals surface area contributed by atoms with E-state index in [0.717, 1.165) is 12.0 Å². The SMILES string of the molecule is CC1CC(C)CC(O)([C@H](C[C@H](O)[C@@H](N)Cc2ccccc2)C(=O)NO)C1. The van der Waals surface area contributed by atoms with Gasteiger partial charge in [0, 0.05) is 6.04 Å². The second-order valence-corrected chi connectivity index (χ2v) is 8.14. The Bertz CT molecular complexity index is 570. The van der Waals surface area contributed by atoms with Crippen LogP contribution < -0.4 is 11.2 Å². The molecule has 0 aromatic heterocycles. The van der Waals surface area contributed by atoms with Crippen molar-refractivity contribution in [2.75, 3.05) is 0 Å². The Kier molecular flexibility index (Phi) is 7.17. The summed E-state index contributed by atoms with van der Waals surface area (Å²) in [5.41, 5.74) is 7.55. The topological polar surface area (TPSA) is 116 Å². The van der Waals surface area contributed by atoms with E-state index < -0.39 is 29.6 Å². The molecule has 6 heteroatoms. The largest absolute Gasteiger partial charge is 0.391 e. The Morgan fingerprint density at radius 2 is 1.85 bits per heavy atom. The third kappa shape index (κ3) is 5.27. The summed E-state index contributed by atoms with van der Waals surface area (Å²) in [5.74, 6) is -1.03. The van der Waals surface area contributed by atoms with Crippen LogP contribution in [0.5, 0.6) is 0 Å². The van der Waals surface area contributed by atoms with Gasteiger partial charge < -0.3 is 15.9 Å². The molecule has 0 saturated heterocycles. The van der Waals surface area contributed by atoms with Gasteiger partial charge in [0.1, 0.15) is 0 Å². The first-order valence-corrected chi connectivity index (χ1v) is 9.39. The summed E-state index contributed by atoms with van der Waals surface area (Å²) >= 11 is 0. The van der Waals surface area contributed by atoms with Gasteiger partial charge in [0.15, 0.2) is 0 Å². The van der Waals surface area contributed by atoms with Crippen LogP contribution in [0.15, 0.2) is 30.3 Å². The fourth-order valence-corrected chi connectivity index (χ4v) is 4.52. The third-order valence-corrected chi connectivity index (χ3v) is 5.57. The van der Waals surface area contributed by atoms with Gasteiger partial charge in [-0.25, -0.2) is 5.48 Å². The maximum Gasteiger partial charge on any atom is 0.249 e. The fourth-order valence-electron chi connectivity index (χ4n) is 4.52. The van der Waals surface area contributed by atoms with Crippen LogP contribution in [0.25, 0.3) is 0 Å². The van der Waals surface area contributed by atoms with Gasteiger partial charge in [-0.3, -0.25) is 10.0 Å². The smallest absolute Gasteiger partial charge is 0.249 e. The normalized spacial score (nSPS) is 29.6. The summed E-state index contributed by atoms with van der Waals surface area (Å²) < 4.78 is 0. The molecule has 0 bridgehead atoms. The molecule has 0 aliphatic heterocycles. The number of carbonyl (C=O) groups excluding carboxylic acids is 1. The quantitative estimate of drug-likeness (QED) is 0.372. The van der Waals surface area contributed by atoms with Gasteiger partial charge in [-0.15, -0.1) is 0 Å². The number of carbonyl (C=O) groups is 1. The van der Waals surface area contributed by atoms with Crippen LogP contribution in [0.2, 0.25) is 0 Å². The summed E-state index contributed by atoms with van der Waals surface area (Å²) in [5, 5.41) is 30.9. The van der Waals surface area contributed by atoms with Crippen molar-refractivity contribution in [3.63, 3.8) is 0 Å². The Balaban J connectivity index is 2.10. The molecule has 0 radical (unpaired) electrons. The molecule has 26 heavy (non-hydrogen) atoms. The maximum absolute atomic E-state index is 12.3. The highest BCUT2D eigenvalue weighted by atomic mass is 16.5. The van der Waals surface area contributed by atoms with Crippen LogP contribution in [-0.2, 0) is 11.2 Å². The van der Waals surface area contributed by atoms with Crippen molar-refractivity contribution in [1.82, 2.24) is 5.48 Å². The number of amides is 1. The molecule has 146 valence electrons. The molecule has 1 aromatic rings. The Morgan fingerprint density at radius 3 is 2.38 bits per heavy atom. The van der Waals surface area contributed by atoms with Gasteiger partial charge in [-0.05, 0) is 49.5 Å². The minimum Gasteiger partial charge on any atom is -0.391 e. The van der Waals surface area contributed by atoms with E-state index in [0.29, 0.717) is 19.3 Å². The van der Waals surface area contributed by atoms with E-state index in [-0.39, 0.29) is 18.3 Å². The monoisotopic (exact) mass is 364 g/mol. The predicted octanol–water partition coefficient (Wildman–Crippen LogP) is 1.62. The minimum absolute atomic E-state index is 0.0103. The van der Waals surface area contributed by atoms with E-state index in [1.54, 1.807) is 5.48 Å². The van der Waals surface area contributed by atoms with Gasteiger partial charge >= 0.3 is 0 Å². The summed E-state index contributed by atoms with van der Waals surface area (Å²) in [6.45, 7) is 4.10. The van der Waals surface area contributed by atoms with Gasteiger partial charge in [0.25, 0.3) is 0 Å². The molecule has 1 saturated carbocycles. The second-order valence-electron chi connectivity index (χ2n) is 8.14. The van der Waals surface area contributed by atoms with Gasteiger partial charge in [-0.2, -0.15) is 0 Å². The molecule has 2 unspecified atom stereocenters. The zero-order valence-corrected chi connectivity index (χ0v) is 15.6. The number of nitrogens with one attached hydrogen (secondary N) is 1. The van der Waals surface area contributed by atoms with Crippen LogP contribution in [0, 0.1) is 17.8 Å². The first-order chi connectivity index (χ1) is 12.2. The Morgan fingerprint density at radius 1 is 1.27 bits per heavy atom. The van der Waals surface area contributed by atoms with Crippen LogP contribution in [-0.4, -0.2) is 39.1 Å². The number of hydrogen-bond acceptors (Lipinski definition) is 5. The maximum atomic E-state index is 12.3. The lowest BCUT2D eigenvalue weighted by Gasteiger charge is -2.44. The van der Waals surface area contributed by atoms with Crippen molar-refractivity contribution in [2.45, 2.75) is 63.7 Å². The summed E-state index contributed by atoms with van der Waals surface area (Å²) in [6.07, 6.45) is 1.45. The van der Waals surface area contributed by atoms with Gasteiger partial charge in [0.05, 0.1) is 17.6 Å². The number of aliphatic hydroxyl groups is 2. The molecule has 6 nitrogen and oxygen atoms in total. The lowest BCUT2D eigenvalue weighted by atomic mass is 9.66.